The summed E-state index contributed by atoms with van der Waals surface area (Å²) >= 11 is 18.7. The molecule has 7 nitrogen and oxygen atoms in total. The van der Waals surface area contributed by atoms with Crippen molar-refractivity contribution in [3.63, 3.8) is 0 Å². The number of halogens is 3. The molecule has 4 aromatic rings. The Balaban J connectivity index is 1.30. The number of thioether (sulfide) groups is 1. The van der Waals surface area contributed by atoms with E-state index in [9.17, 15) is 14.7 Å². The number of carbonyl (C=O) groups is 2. The van der Waals surface area contributed by atoms with Crippen LogP contribution >= 0.6 is 46.6 Å². The standard InChI is InChI=1S/C35H33Cl3N2O5S/c1-22(42)40-29-13-15-31(16-14-29)46-21-30-18-32(26-7-5-23(20-41)6-8-26)45-33(44-30)27-11-9-25(10-12-27)28-4-2-3-24(17-28)19-39-34(43)35(36,37)38/h2-17,30,32-33,41H,18-21H2,1H3,(H,39,43)(H,40,42). The third-order valence-electron chi connectivity index (χ3n) is 7.38. The molecule has 2 amide bonds. The van der Waals surface area contributed by atoms with Gasteiger partial charge in [0.15, 0.2) is 6.29 Å². The van der Waals surface area contributed by atoms with E-state index >= 15 is 0 Å². The number of ether oxygens (including phenoxy) is 2. The van der Waals surface area contributed by atoms with Crippen molar-refractivity contribution >= 4 is 64.1 Å². The number of benzene rings is 4. The van der Waals surface area contributed by atoms with E-state index in [-0.39, 0.29) is 31.3 Å². The maximum atomic E-state index is 11.9. The molecule has 4 aromatic carbocycles. The highest BCUT2D eigenvalue weighted by atomic mass is 35.6. The lowest BCUT2D eigenvalue weighted by Gasteiger charge is -2.36. The van der Waals surface area contributed by atoms with Crippen LogP contribution in [0.3, 0.4) is 0 Å². The predicted octanol–water partition coefficient (Wildman–Crippen LogP) is 8.13. The zero-order valence-electron chi connectivity index (χ0n) is 24.9. The van der Waals surface area contributed by atoms with Gasteiger partial charge in [0.05, 0.1) is 18.8 Å². The number of alkyl halides is 3. The summed E-state index contributed by atoms with van der Waals surface area (Å²) in [6.07, 6.45) is -0.202. The van der Waals surface area contributed by atoms with Crippen molar-refractivity contribution in [2.75, 3.05) is 11.1 Å². The molecule has 3 N–H and O–H groups in total. The van der Waals surface area contributed by atoms with E-state index in [1.54, 1.807) is 11.8 Å². The molecule has 0 radical (unpaired) electrons. The SMILES string of the molecule is CC(=O)Nc1ccc(SCC2CC(c3ccc(CO)cc3)OC(c3ccc(-c4cccc(CNC(=O)C(Cl)(Cl)Cl)c4)cc3)O2)cc1. The van der Waals surface area contributed by atoms with Gasteiger partial charge in [-0.15, -0.1) is 11.8 Å². The summed E-state index contributed by atoms with van der Waals surface area (Å²) in [5.74, 6) is -0.0751. The number of carbonyl (C=O) groups excluding carboxylic acids is 2. The largest absolute Gasteiger partial charge is 0.392 e. The number of anilines is 1. The highest BCUT2D eigenvalue weighted by Crippen LogP contribution is 2.40. The van der Waals surface area contributed by atoms with Crippen molar-refractivity contribution in [3.8, 4) is 11.1 Å². The maximum Gasteiger partial charge on any atom is 0.272 e. The molecule has 5 rings (SSSR count). The summed E-state index contributed by atoms with van der Waals surface area (Å²) in [7, 11) is 0. The monoisotopic (exact) mass is 698 g/mol. The van der Waals surface area contributed by atoms with E-state index < -0.39 is 16.0 Å². The Labute approximate surface area is 287 Å². The van der Waals surface area contributed by atoms with Gasteiger partial charge in [0.25, 0.3) is 9.70 Å². The second kappa shape index (κ2) is 15.7. The Morgan fingerprint density at radius 2 is 1.57 bits per heavy atom. The molecular formula is C35H33Cl3N2O5S. The molecule has 1 fully saturated rings. The Morgan fingerprint density at radius 1 is 0.870 bits per heavy atom. The zero-order valence-corrected chi connectivity index (χ0v) is 28.0. The number of aliphatic hydroxyl groups is 1. The number of amides is 2. The first-order valence-electron chi connectivity index (χ1n) is 14.6. The average Bonchev–Trinajstić information content (AvgIpc) is 3.06. The molecule has 1 aliphatic heterocycles. The van der Waals surface area contributed by atoms with Crippen molar-refractivity contribution in [3.05, 3.63) is 119 Å². The van der Waals surface area contributed by atoms with Gasteiger partial charge in [0.2, 0.25) is 5.91 Å². The summed E-state index contributed by atoms with van der Waals surface area (Å²) in [5, 5.41) is 14.9. The first-order valence-corrected chi connectivity index (χ1v) is 16.7. The van der Waals surface area contributed by atoms with Crippen LogP contribution < -0.4 is 10.6 Å². The fourth-order valence-corrected chi connectivity index (χ4v) is 6.15. The molecule has 0 bridgehead atoms. The molecule has 1 heterocycles. The van der Waals surface area contributed by atoms with Crippen molar-refractivity contribution in [1.82, 2.24) is 5.32 Å². The molecular weight excluding hydrogens is 667 g/mol. The highest BCUT2D eigenvalue weighted by molar-refractivity contribution is 7.99. The average molecular weight is 700 g/mol. The van der Waals surface area contributed by atoms with Gasteiger partial charge in [-0.05, 0) is 58.1 Å². The maximum absolute atomic E-state index is 11.9. The van der Waals surface area contributed by atoms with Gasteiger partial charge in [-0.2, -0.15) is 0 Å². The van der Waals surface area contributed by atoms with Crippen molar-refractivity contribution < 1.29 is 24.2 Å². The van der Waals surface area contributed by atoms with Crippen LogP contribution in [0.15, 0.2) is 102 Å². The normalized spacial score (nSPS) is 18.2. The van der Waals surface area contributed by atoms with Gasteiger partial charge in [-0.3, -0.25) is 9.59 Å². The summed E-state index contributed by atoms with van der Waals surface area (Å²) in [4.78, 5) is 24.4. The van der Waals surface area contributed by atoms with Crippen LogP contribution in [0.1, 0.15) is 48.0 Å². The van der Waals surface area contributed by atoms with Gasteiger partial charge in [-0.1, -0.05) is 102 Å². The van der Waals surface area contributed by atoms with E-state index in [1.165, 1.54) is 6.92 Å². The van der Waals surface area contributed by atoms with Crippen molar-refractivity contribution in [1.29, 1.82) is 0 Å². The number of hydrogen-bond acceptors (Lipinski definition) is 6. The summed E-state index contributed by atoms with van der Waals surface area (Å²) in [6, 6.07) is 31.4. The fraction of sp³-hybridized carbons (Fsp3) is 0.257. The van der Waals surface area contributed by atoms with Crippen LogP contribution in [-0.4, -0.2) is 32.6 Å². The topological polar surface area (TPSA) is 96.9 Å². The number of aliphatic hydroxyl groups excluding tert-OH is 1. The Bertz CT molecular complexity index is 1630. The van der Waals surface area contributed by atoms with Crippen LogP contribution in [0.4, 0.5) is 5.69 Å². The summed E-state index contributed by atoms with van der Waals surface area (Å²) < 4.78 is 11.0. The van der Waals surface area contributed by atoms with E-state index in [1.807, 2.05) is 97.1 Å². The highest BCUT2D eigenvalue weighted by Gasteiger charge is 2.32. The quantitative estimate of drug-likeness (QED) is 0.114. The number of nitrogens with one attached hydrogen (secondary N) is 2. The summed E-state index contributed by atoms with van der Waals surface area (Å²) in [6.45, 7) is 1.69. The molecule has 0 spiro atoms. The minimum atomic E-state index is -2.02. The van der Waals surface area contributed by atoms with E-state index in [2.05, 4.69) is 10.6 Å². The lowest BCUT2D eigenvalue weighted by molar-refractivity contribution is -0.245. The van der Waals surface area contributed by atoms with E-state index in [4.69, 9.17) is 44.3 Å². The predicted molar refractivity (Wildman–Crippen MR) is 184 cm³/mol. The van der Waals surface area contributed by atoms with Gasteiger partial charge in [-0.25, -0.2) is 0 Å². The number of rotatable bonds is 10. The molecule has 1 aliphatic rings. The second-order valence-electron chi connectivity index (χ2n) is 10.9. The van der Waals surface area contributed by atoms with Crippen LogP contribution in [0, 0.1) is 0 Å². The minimum Gasteiger partial charge on any atom is -0.392 e. The zero-order chi connectivity index (χ0) is 32.7. The third kappa shape index (κ3) is 9.48. The molecule has 0 aromatic heterocycles. The van der Waals surface area contributed by atoms with Crippen LogP contribution in [0.5, 0.6) is 0 Å². The van der Waals surface area contributed by atoms with Crippen molar-refractivity contribution in [2.24, 2.45) is 0 Å². The van der Waals surface area contributed by atoms with Gasteiger partial charge >= 0.3 is 0 Å². The minimum absolute atomic E-state index is 0.0175. The number of hydrogen-bond donors (Lipinski definition) is 3. The fourth-order valence-electron chi connectivity index (χ4n) is 5.03. The third-order valence-corrected chi connectivity index (χ3v) is 9.04. The Hall–Kier alpha value is -3.08. The van der Waals surface area contributed by atoms with Crippen LogP contribution in [0.2, 0.25) is 0 Å². The van der Waals surface area contributed by atoms with Gasteiger partial charge in [0, 0.05) is 41.8 Å². The smallest absolute Gasteiger partial charge is 0.272 e. The van der Waals surface area contributed by atoms with Gasteiger partial charge in [0.1, 0.15) is 0 Å². The lowest BCUT2D eigenvalue weighted by atomic mass is 9.99. The molecule has 240 valence electrons. The second-order valence-corrected chi connectivity index (χ2v) is 14.2. The first kappa shape index (κ1) is 34.3. The van der Waals surface area contributed by atoms with E-state index in [0.717, 1.165) is 44.0 Å². The molecule has 11 heteroatoms. The lowest BCUT2D eigenvalue weighted by Crippen LogP contribution is -2.33. The van der Waals surface area contributed by atoms with Crippen molar-refractivity contribution in [2.45, 2.75) is 53.7 Å². The van der Waals surface area contributed by atoms with Crippen LogP contribution in [-0.2, 0) is 32.2 Å². The molecule has 46 heavy (non-hydrogen) atoms. The summed E-state index contributed by atoms with van der Waals surface area (Å²) in [5.41, 5.74) is 6.33. The molecule has 0 aliphatic carbocycles. The molecule has 3 atom stereocenters. The first-order chi connectivity index (χ1) is 22.1. The molecule has 3 unspecified atom stereocenters. The Morgan fingerprint density at radius 3 is 2.22 bits per heavy atom. The molecule has 1 saturated heterocycles. The van der Waals surface area contributed by atoms with Gasteiger partial charge < -0.3 is 25.2 Å². The van der Waals surface area contributed by atoms with E-state index in [0.29, 0.717) is 12.2 Å². The molecule has 0 saturated carbocycles. The van der Waals surface area contributed by atoms with Crippen LogP contribution in [0.25, 0.3) is 11.1 Å². The Kier molecular flexibility index (Phi) is 11.7.